The molecule has 2 atom stereocenters. The Hall–Kier alpha value is -2.43. The highest BCUT2D eigenvalue weighted by molar-refractivity contribution is 5.79. The fourth-order valence-corrected chi connectivity index (χ4v) is 4.20. The molecule has 0 aromatic heterocycles. The Kier molecular flexibility index (Phi) is 4.85. The summed E-state index contributed by atoms with van der Waals surface area (Å²) >= 11 is 0. The van der Waals surface area contributed by atoms with E-state index in [1.165, 1.54) is 11.1 Å². The van der Waals surface area contributed by atoms with E-state index in [0.29, 0.717) is 6.61 Å². The van der Waals surface area contributed by atoms with Gasteiger partial charge in [-0.2, -0.15) is 0 Å². The number of hydrogen-bond donors (Lipinski definition) is 0. The van der Waals surface area contributed by atoms with Crippen LogP contribution in [0.3, 0.4) is 0 Å². The highest BCUT2D eigenvalue weighted by Crippen LogP contribution is 2.48. The topological polar surface area (TPSA) is 38.8 Å². The van der Waals surface area contributed by atoms with Gasteiger partial charge in [-0.1, -0.05) is 66.7 Å². The van der Waals surface area contributed by atoms with E-state index in [9.17, 15) is 4.79 Å². The van der Waals surface area contributed by atoms with E-state index < -0.39 is 5.72 Å². The summed E-state index contributed by atoms with van der Waals surface area (Å²) in [7, 11) is 0. The molecule has 2 aromatic rings. The monoisotopic (exact) mass is 363 g/mol. The molecule has 1 heterocycles. The normalized spacial score (nSPS) is 22.8. The van der Waals surface area contributed by atoms with E-state index in [0.717, 1.165) is 12.0 Å². The Bertz CT molecular complexity index is 844. The minimum Gasteiger partial charge on any atom is -0.368 e. The standard InChI is InChI=1S/C23H25NO3/c1-23(2)24(22-19-13-7-6-12-18(19)15-20(22)27-23)21(25)16-26-14-8-11-17-9-4-3-5-10-17/h3-13,20,22H,14-16H2,1-2H3/b11-8+/t20-,22+/m1/s1. The van der Waals surface area contributed by atoms with Crippen molar-refractivity contribution in [2.45, 2.75) is 38.1 Å². The van der Waals surface area contributed by atoms with Crippen LogP contribution in [-0.4, -0.2) is 35.8 Å². The van der Waals surface area contributed by atoms with E-state index in [2.05, 4.69) is 12.1 Å². The van der Waals surface area contributed by atoms with Crippen molar-refractivity contribution in [2.75, 3.05) is 13.2 Å². The molecule has 1 saturated heterocycles. The number of nitrogens with zero attached hydrogens (tertiary/aromatic N) is 1. The van der Waals surface area contributed by atoms with E-state index >= 15 is 0 Å². The molecule has 2 aliphatic rings. The van der Waals surface area contributed by atoms with Gasteiger partial charge >= 0.3 is 0 Å². The van der Waals surface area contributed by atoms with Crippen molar-refractivity contribution in [2.24, 2.45) is 0 Å². The fraction of sp³-hybridized carbons (Fsp3) is 0.348. The van der Waals surface area contributed by atoms with Gasteiger partial charge in [-0.05, 0) is 30.5 Å². The molecule has 0 N–H and O–H groups in total. The van der Waals surface area contributed by atoms with E-state index in [4.69, 9.17) is 9.47 Å². The first kappa shape index (κ1) is 18.0. The van der Waals surface area contributed by atoms with Crippen LogP contribution < -0.4 is 0 Å². The molecule has 27 heavy (non-hydrogen) atoms. The van der Waals surface area contributed by atoms with Crippen LogP contribution in [0.5, 0.6) is 0 Å². The predicted molar refractivity (Wildman–Crippen MR) is 105 cm³/mol. The SMILES string of the molecule is CC1(C)O[C@@H]2Cc3ccccc3[C@@H]2N1C(=O)COC/C=C/c1ccccc1. The number of benzene rings is 2. The predicted octanol–water partition coefficient (Wildman–Crippen LogP) is 3.98. The second-order valence-electron chi connectivity index (χ2n) is 7.54. The smallest absolute Gasteiger partial charge is 0.251 e. The minimum atomic E-state index is -0.622. The first-order chi connectivity index (χ1) is 13.1. The van der Waals surface area contributed by atoms with Crippen LogP contribution in [0.2, 0.25) is 0 Å². The van der Waals surface area contributed by atoms with Crippen molar-refractivity contribution in [3.63, 3.8) is 0 Å². The minimum absolute atomic E-state index is 0.0211. The van der Waals surface area contributed by atoms with Gasteiger partial charge in [0.05, 0.1) is 18.8 Å². The van der Waals surface area contributed by atoms with Gasteiger partial charge in [-0.25, -0.2) is 0 Å². The van der Waals surface area contributed by atoms with Crippen molar-refractivity contribution in [1.29, 1.82) is 0 Å². The van der Waals surface area contributed by atoms with Crippen molar-refractivity contribution in [3.05, 3.63) is 77.4 Å². The Balaban J connectivity index is 1.39. The first-order valence-electron chi connectivity index (χ1n) is 9.43. The molecule has 1 aliphatic heterocycles. The summed E-state index contributed by atoms with van der Waals surface area (Å²) in [5.74, 6) is -0.0303. The highest BCUT2D eigenvalue weighted by Gasteiger charge is 2.53. The zero-order chi connectivity index (χ0) is 18.9. The molecular weight excluding hydrogens is 338 g/mol. The third-order valence-corrected chi connectivity index (χ3v) is 5.26. The molecule has 1 amide bonds. The Morgan fingerprint density at radius 3 is 2.74 bits per heavy atom. The lowest BCUT2D eigenvalue weighted by Gasteiger charge is -2.33. The summed E-state index contributed by atoms with van der Waals surface area (Å²) in [5, 5.41) is 0. The first-order valence-corrected chi connectivity index (χ1v) is 9.43. The summed E-state index contributed by atoms with van der Waals surface area (Å²) < 4.78 is 11.8. The van der Waals surface area contributed by atoms with Gasteiger partial charge < -0.3 is 14.4 Å². The highest BCUT2D eigenvalue weighted by atomic mass is 16.5. The van der Waals surface area contributed by atoms with Crippen molar-refractivity contribution < 1.29 is 14.3 Å². The maximum absolute atomic E-state index is 12.9. The van der Waals surface area contributed by atoms with Crippen LogP contribution >= 0.6 is 0 Å². The molecule has 4 heteroatoms. The molecule has 140 valence electrons. The lowest BCUT2D eigenvalue weighted by atomic mass is 10.1. The van der Waals surface area contributed by atoms with Gasteiger partial charge in [-0.15, -0.1) is 0 Å². The van der Waals surface area contributed by atoms with Crippen LogP contribution in [0, 0.1) is 0 Å². The average Bonchev–Trinajstić information content (AvgIpc) is 3.12. The van der Waals surface area contributed by atoms with Gasteiger partial charge in [0.1, 0.15) is 12.3 Å². The van der Waals surface area contributed by atoms with Gasteiger partial charge in [-0.3, -0.25) is 4.79 Å². The fourth-order valence-electron chi connectivity index (χ4n) is 4.20. The molecule has 2 aromatic carbocycles. The van der Waals surface area contributed by atoms with Crippen LogP contribution in [0.4, 0.5) is 0 Å². The van der Waals surface area contributed by atoms with Gasteiger partial charge in [0.25, 0.3) is 5.91 Å². The van der Waals surface area contributed by atoms with Crippen molar-refractivity contribution >= 4 is 12.0 Å². The number of rotatable bonds is 5. The summed E-state index contributed by atoms with van der Waals surface area (Å²) in [4.78, 5) is 14.8. The Morgan fingerprint density at radius 2 is 1.93 bits per heavy atom. The van der Waals surface area contributed by atoms with Crippen LogP contribution in [0.25, 0.3) is 6.08 Å². The quantitative estimate of drug-likeness (QED) is 0.755. The molecule has 4 nitrogen and oxygen atoms in total. The number of carbonyl (C=O) groups excluding carboxylic acids is 1. The molecule has 0 spiro atoms. The molecule has 0 radical (unpaired) electrons. The van der Waals surface area contributed by atoms with Gasteiger partial charge in [0, 0.05) is 6.42 Å². The van der Waals surface area contributed by atoms with E-state index in [1.54, 1.807) is 0 Å². The lowest BCUT2D eigenvalue weighted by molar-refractivity contribution is -0.152. The number of carbonyl (C=O) groups is 1. The van der Waals surface area contributed by atoms with Gasteiger partial charge in [0.15, 0.2) is 0 Å². The second-order valence-corrected chi connectivity index (χ2v) is 7.54. The number of amides is 1. The van der Waals surface area contributed by atoms with Crippen LogP contribution in [-0.2, 0) is 20.7 Å². The van der Waals surface area contributed by atoms with Gasteiger partial charge in [0.2, 0.25) is 0 Å². The molecular formula is C23H25NO3. The molecule has 0 bridgehead atoms. The van der Waals surface area contributed by atoms with E-state index in [1.807, 2.05) is 73.4 Å². The summed E-state index contributed by atoms with van der Waals surface area (Å²) in [6.45, 7) is 4.38. The largest absolute Gasteiger partial charge is 0.368 e. The van der Waals surface area contributed by atoms with E-state index in [-0.39, 0.29) is 24.7 Å². The second kappa shape index (κ2) is 7.29. The number of ether oxygens (including phenoxy) is 2. The van der Waals surface area contributed by atoms with Crippen LogP contribution in [0.1, 0.15) is 36.6 Å². The summed E-state index contributed by atoms with van der Waals surface area (Å²) in [6, 6.07) is 18.3. The molecule has 1 fully saturated rings. The third-order valence-electron chi connectivity index (χ3n) is 5.26. The lowest BCUT2D eigenvalue weighted by Crippen LogP contribution is -2.46. The average molecular weight is 363 g/mol. The molecule has 4 rings (SSSR count). The zero-order valence-corrected chi connectivity index (χ0v) is 15.8. The molecule has 1 aliphatic carbocycles. The molecule has 0 unspecified atom stereocenters. The Morgan fingerprint density at radius 1 is 1.19 bits per heavy atom. The number of hydrogen-bond acceptors (Lipinski definition) is 3. The maximum Gasteiger partial charge on any atom is 0.251 e. The summed E-state index contributed by atoms with van der Waals surface area (Å²) in [5.41, 5.74) is 2.97. The van der Waals surface area contributed by atoms with Crippen molar-refractivity contribution in [3.8, 4) is 0 Å². The maximum atomic E-state index is 12.9. The number of fused-ring (bicyclic) bond motifs is 3. The zero-order valence-electron chi connectivity index (χ0n) is 15.8. The van der Waals surface area contributed by atoms with Crippen LogP contribution in [0.15, 0.2) is 60.7 Å². The van der Waals surface area contributed by atoms with Crippen molar-refractivity contribution in [1.82, 2.24) is 4.90 Å². The Labute approximate surface area is 160 Å². The molecule has 0 saturated carbocycles. The summed E-state index contributed by atoms with van der Waals surface area (Å²) in [6.07, 6.45) is 4.81. The third kappa shape index (κ3) is 3.55.